The minimum absolute atomic E-state index is 0.307. The van der Waals surface area contributed by atoms with Crippen LogP contribution in [0.2, 0.25) is 0 Å². The van der Waals surface area contributed by atoms with Crippen LogP contribution >= 0.6 is 0 Å². The fourth-order valence-electron chi connectivity index (χ4n) is 1.08. The van der Waals surface area contributed by atoms with E-state index in [4.69, 9.17) is 10.2 Å². The van der Waals surface area contributed by atoms with Gasteiger partial charge >= 0.3 is 5.97 Å². The lowest BCUT2D eigenvalue weighted by Crippen LogP contribution is -2.12. The topological polar surface area (TPSA) is 77.8 Å². The predicted molar refractivity (Wildman–Crippen MR) is 45.4 cm³/mol. The summed E-state index contributed by atoms with van der Waals surface area (Å²) in [6.07, 6.45) is -2.05. The summed E-state index contributed by atoms with van der Waals surface area (Å²) in [7, 11) is 0. The molecule has 0 radical (unpaired) electrons. The monoisotopic (exact) mass is 200 g/mol. The lowest BCUT2D eigenvalue weighted by atomic mass is 10.0. The van der Waals surface area contributed by atoms with E-state index in [0.717, 1.165) is 6.07 Å². The van der Waals surface area contributed by atoms with Crippen LogP contribution in [0.1, 0.15) is 17.2 Å². The number of phenols is 1. The number of hydrogen-bond acceptors (Lipinski definition) is 3. The number of benzene rings is 1. The number of aliphatic hydroxyl groups is 1. The Morgan fingerprint density at radius 1 is 1.50 bits per heavy atom. The molecule has 76 valence electrons. The Bertz CT molecular complexity index is 375. The molecule has 0 bridgehead atoms. The molecule has 1 aromatic rings. The Kier molecular flexibility index (Phi) is 2.71. The zero-order chi connectivity index (χ0) is 10.9. The van der Waals surface area contributed by atoms with Gasteiger partial charge in [-0.1, -0.05) is 6.07 Å². The normalized spacial score (nSPS) is 12.5. The molecule has 0 fully saturated rings. The Morgan fingerprint density at radius 2 is 2.07 bits per heavy atom. The number of aliphatic hydroxyl groups excluding tert-OH is 1. The number of aliphatic carboxylic acids is 1. The van der Waals surface area contributed by atoms with E-state index in [2.05, 4.69) is 0 Å². The highest BCUT2D eigenvalue weighted by Crippen LogP contribution is 2.30. The van der Waals surface area contributed by atoms with Gasteiger partial charge in [-0.05, 0) is 18.6 Å². The van der Waals surface area contributed by atoms with Gasteiger partial charge in [0, 0.05) is 0 Å². The first-order valence-corrected chi connectivity index (χ1v) is 3.84. The number of hydrogen-bond donors (Lipinski definition) is 3. The number of carboxylic acid groups (broad SMARTS) is 1. The molecule has 0 saturated heterocycles. The molecule has 0 aromatic heterocycles. The molecule has 0 aliphatic carbocycles. The van der Waals surface area contributed by atoms with Gasteiger partial charge in [-0.3, -0.25) is 0 Å². The number of phenolic OH excluding ortho intramolecular Hbond substituents is 1. The summed E-state index contributed by atoms with van der Waals surface area (Å²) in [6.45, 7) is 1.48. The second-order valence-electron chi connectivity index (χ2n) is 2.87. The summed E-state index contributed by atoms with van der Waals surface area (Å²) < 4.78 is 13.1. The Balaban J connectivity index is 3.32. The number of halogens is 1. The molecule has 3 N–H and O–H groups in total. The molecule has 5 heteroatoms. The molecule has 0 aliphatic rings. The van der Waals surface area contributed by atoms with Crippen LogP contribution in [0, 0.1) is 12.7 Å². The van der Waals surface area contributed by atoms with Gasteiger partial charge < -0.3 is 15.3 Å². The molecule has 14 heavy (non-hydrogen) atoms. The Morgan fingerprint density at radius 3 is 2.57 bits per heavy atom. The van der Waals surface area contributed by atoms with Gasteiger partial charge in [0.05, 0.1) is 5.56 Å². The highest BCUT2D eigenvalue weighted by molar-refractivity contribution is 5.75. The number of carbonyl (C=O) groups is 1. The quantitative estimate of drug-likeness (QED) is 0.664. The third-order valence-corrected chi connectivity index (χ3v) is 1.87. The summed E-state index contributed by atoms with van der Waals surface area (Å²) in [5.41, 5.74) is -0.292. The molecule has 0 saturated carbocycles. The number of rotatable bonds is 2. The molecular weight excluding hydrogens is 191 g/mol. The van der Waals surface area contributed by atoms with E-state index in [1.54, 1.807) is 0 Å². The minimum Gasteiger partial charge on any atom is -0.507 e. The van der Waals surface area contributed by atoms with Crippen molar-refractivity contribution in [2.24, 2.45) is 0 Å². The van der Waals surface area contributed by atoms with E-state index in [1.807, 2.05) is 0 Å². The first-order valence-electron chi connectivity index (χ1n) is 3.84. The van der Waals surface area contributed by atoms with Gasteiger partial charge in [-0.2, -0.15) is 0 Å². The maximum Gasteiger partial charge on any atom is 0.337 e. The third-order valence-electron chi connectivity index (χ3n) is 1.87. The first-order chi connectivity index (χ1) is 6.45. The minimum atomic E-state index is -2.05. The van der Waals surface area contributed by atoms with Gasteiger partial charge in [-0.25, -0.2) is 9.18 Å². The lowest BCUT2D eigenvalue weighted by Gasteiger charge is -2.10. The summed E-state index contributed by atoms with van der Waals surface area (Å²) >= 11 is 0. The van der Waals surface area contributed by atoms with E-state index in [0.29, 0.717) is 5.56 Å². The van der Waals surface area contributed by atoms with Gasteiger partial charge in [-0.15, -0.1) is 0 Å². The highest BCUT2D eigenvalue weighted by atomic mass is 19.1. The second kappa shape index (κ2) is 3.63. The first kappa shape index (κ1) is 10.5. The van der Waals surface area contributed by atoms with Crippen molar-refractivity contribution in [1.82, 2.24) is 0 Å². The van der Waals surface area contributed by atoms with Crippen molar-refractivity contribution < 1.29 is 24.5 Å². The van der Waals surface area contributed by atoms with E-state index in [9.17, 15) is 14.3 Å². The smallest absolute Gasteiger partial charge is 0.337 e. The molecular formula is C9H9FO4. The maximum absolute atomic E-state index is 13.1. The van der Waals surface area contributed by atoms with Crippen LogP contribution in [0.3, 0.4) is 0 Å². The van der Waals surface area contributed by atoms with Crippen molar-refractivity contribution in [3.8, 4) is 5.75 Å². The van der Waals surface area contributed by atoms with Crippen LogP contribution in [-0.4, -0.2) is 21.3 Å². The molecule has 1 unspecified atom stereocenters. The predicted octanol–water partition coefficient (Wildman–Crippen LogP) is 0.958. The maximum atomic E-state index is 13.1. The van der Waals surface area contributed by atoms with Crippen LogP contribution < -0.4 is 0 Å². The average Bonchev–Trinajstić information content (AvgIpc) is 2.12. The Labute approximate surface area is 79.2 Å². The van der Waals surface area contributed by atoms with E-state index < -0.39 is 29.2 Å². The van der Waals surface area contributed by atoms with E-state index in [-0.39, 0.29) is 0 Å². The van der Waals surface area contributed by atoms with Crippen molar-refractivity contribution in [3.05, 3.63) is 29.1 Å². The van der Waals surface area contributed by atoms with Crippen LogP contribution in [0.4, 0.5) is 4.39 Å². The fraction of sp³-hybridized carbons (Fsp3) is 0.222. The summed E-state index contributed by atoms with van der Waals surface area (Å²) in [6, 6.07) is 2.29. The Hall–Kier alpha value is -1.62. The summed E-state index contributed by atoms with van der Waals surface area (Å²) in [4.78, 5) is 10.4. The fourth-order valence-corrected chi connectivity index (χ4v) is 1.08. The van der Waals surface area contributed by atoms with Gasteiger partial charge in [0.25, 0.3) is 0 Å². The third kappa shape index (κ3) is 1.67. The zero-order valence-electron chi connectivity index (χ0n) is 7.36. The lowest BCUT2D eigenvalue weighted by molar-refractivity contribution is -0.147. The highest BCUT2D eigenvalue weighted by Gasteiger charge is 2.24. The van der Waals surface area contributed by atoms with Gasteiger partial charge in [0.2, 0.25) is 0 Å². The molecule has 0 heterocycles. The molecule has 1 aromatic carbocycles. The van der Waals surface area contributed by atoms with Crippen LogP contribution in [0.5, 0.6) is 5.75 Å². The van der Waals surface area contributed by atoms with Crippen molar-refractivity contribution >= 4 is 5.97 Å². The molecule has 1 atom stereocenters. The number of aromatic hydroxyl groups is 1. The SMILES string of the molecule is Cc1ccc(F)c(C(O)C(=O)O)c1O. The van der Waals surface area contributed by atoms with Crippen molar-refractivity contribution in [1.29, 1.82) is 0 Å². The largest absolute Gasteiger partial charge is 0.507 e. The van der Waals surface area contributed by atoms with Crippen LogP contribution in [0.15, 0.2) is 12.1 Å². The van der Waals surface area contributed by atoms with Crippen LogP contribution in [0.25, 0.3) is 0 Å². The van der Waals surface area contributed by atoms with Crippen LogP contribution in [-0.2, 0) is 4.79 Å². The molecule has 4 nitrogen and oxygen atoms in total. The zero-order valence-corrected chi connectivity index (χ0v) is 7.36. The molecule has 0 aliphatic heterocycles. The average molecular weight is 200 g/mol. The summed E-state index contributed by atoms with van der Waals surface area (Å²) in [5.74, 6) is -3.08. The van der Waals surface area contributed by atoms with Crippen molar-refractivity contribution in [2.45, 2.75) is 13.0 Å². The van der Waals surface area contributed by atoms with Gasteiger partial charge in [0.15, 0.2) is 6.10 Å². The van der Waals surface area contributed by atoms with Gasteiger partial charge in [0.1, 0.15) is 11.6 Å². The standard InChI is InChI=1S/C9H9FO4/c1-4-2-3-5(10)6(7(4)11)8(12)9(13)14/h2-3,8,11-12H,1H3,(H,13,14). The second-order valence-corrected chi connectivity index (χ2v) is 2.87. The number of carboxylic acids is 1. The van der Waals surface area contributed by atoms with Crippen molar-refractivity contribution in [3.63, 3.8) is 0 Å². The van der Waals surface area contributed by atoms with Crippen molar-refractivity contribution in [2.75, 3.05) is 0 Å². The molecule has 0 amide bonds. The van der Waals surface area contributed by atoms with E-state index >= 15 is 0 Å². The molecule has 1 rings (SSSR count). The summed E-state index contributed by atoms with van der Waals surface area (Å²) in [5, 5.41) is 26.9. The van der Waals surface area contributed by atoms with E-state index in [1.165, 1.54) is 13.0 Å². The number of aryl methyl sites for hydroxylation is 1. The molecule has 0 spiro atoms.